The fraction of sp³-hybridized carbons (Fsp3) is 0.917. The van der Waals surface area contributed by atoms with Gasteiger partial charge >= 0.3 is 5.97 Å². The number of esters is 1. The smallest absolute Gasteiger partial charge is 0.307 e. The summed E-state index contributed by atoms with van der Waals surface area (Å²) in [5.41, 5.74) is -0.408. The Kier molecular flexibility index (Phi) is 9.03. The van der Waals surface area contributed by atoms with Crippen LogP contribution in [0.5, 0.6) is 0 Å². The standard InChI is InChI=1S/C12H25NO4/c1-12(2,3)17-11(15)5-7-13-6-4-9-16-10-8-14/h13-14H,4-10H2,1-3H3. The second-order valence-corrected chi connectivity index (χ2v) is 4.78. The summed E-state index contributed by atoms with van der Waals surface area (Å²) >= 11 is 0. The first-order valence-electron chi connectivity index (χ1n) is 6.07. The van der Waals surface area contributed by atoms with Crippen LogP contribution >= 0.6 is 0 Å². The zero-order valence-corrected chi connectivity index (χ0v) is 11.1. The zero-order chi connectivity index (χ0) is 13.1. The number of carbonyl (C=O) groups excluding carboxylic acids is 1. The lowest BCUT2D eigenvalue weighted by molar-refractivity contribution is -0.154. The van der Waals surface area contributed by atoms with Gasteiger partial charge in [-0.05, 0) is 33.7 Å². The molecule has 0 aromatic rings. The lowest BCUT2D eigenvalue weighted by atomic mass is 10.2. The van der Waals surface area contributed by atoms with Crippen LogP contribution in [0.25, 0.3) is 0 Å². The van der Waals surface area contributed by atoms with E-state index in [9.17, 15) is 4.79 Å². The van der Waals surface area contributed by atoms with E-state index in [-0.39, 0.29) is 12.6 Å². The Bertz CT molecular complexity index is 201. The maximum Gasteiger partial charge on any atom is 0.307 e. The van der Waals surface area contributed by atoms with E-state index in [0.717, 1.165) is 13.0 Å². The van der Waals surface area contributed by atoms with Crippen molar-refractivity contribution in [2.24, 2.45) is 0 Å². The maximum absolute atomic E-state index is 11.3. The SMILES string of the molecule is CC(C)(C)OC(=O)CCNCCCOCCO. The van der Waals surface area contributed by atoms with Crippen molar-refractivity contribution in [1.29, 1.82) is 0 Å². The van der Waals surface area contributed by atoms with Gasteiger partial charge in [0.05, 0.1) is 19.6 Å². The topological polar surface area (TPSA) is 67.8 Å². The van der Waals surface area contributed by atoms with Crippen molar-refractivity contribution in [3.05, 3.63) is 0 Å². The third kappa shape index (κ3) is 13.3. The molecule has 0 saturated heterocycles. The number of carbonyl (C=O) groups is 1. The van der Waals surface area contributed by atoms with Gasteiger partial charge in [0.2, 0.25) is 0 Å². The van der Waals surface area contributed by atoms with Gasteiger partial charge in [-0.3, -0.25) is 4.79 Å². The summed E-state index contributed by atoms with van der Waals surface area (Å²) in [6.45, 7) is 8.07. The van der Waals surface area contributed by atoms with E-state index < -0.39 is 5.60 Å². The molecule has 0 atom stereocenters. The van der Waals surface area contributed by atoms with Gasteiger partial charge in [-0.25, -0.2) is 0 Å². The fourth-order valence-electron chi connectivity index (χ4n) is 1.17. The van der Waals surface area contributed by atoms with Crippen molar-refractivity contribution in [1.82, 2.24) is 5.32 Å². The van der Waals surface area contributed by atoms with Crippen LogP contribution in [0.2, 0.25) is 0 Å². The predicted octanol–water partition coefficient (Wildman–Crippen LogP) is 0.707. The van der Waals surface area contributed by atoms with Gasteiger partial charge in [0, 0.05) is 13.2 Å². The molecule has 102 valence electrons. The first-order chi connectivity index (χ1) is 7.95. The van der Waals surface area contributed by atoms with Crippen LogP contribution in [-0.4, -0.2) is 49.6 Å². The van der Waals surface area contributed by atoms with Crippen LogP contribution in [0.4, 0.5) is 0 Å². The Morgan fingerprint density at radius 1 is 1.24 bits per heavy atom. The summed E-state index contributed by atoms with van der Waals surface area (Å²) in [7, 11) is 0. The lowest BCUT2D eigenvalue weighted by Gasteiger charge is -2.19. The van der Waals surface area contributed by atoms with Crippen molar-refractivity contribution in [3.63, 3.8) is 0 Å². The maximum atomic E-state index is 11.3. The summed E-state index contributed by atoms with van der Waals surface area (Å²) in [6.07, 6.45) is 1.25. The molecule has 0 unspecified atom stereocenters. The number of hydrogen-bond donors (Lipinski definition) is 2. The number of nitrogens with one attached hydrogen (secondary N) is 1. The van der Waals surface area contributed by atoms with Gasteiger partial charge in [-0.15, -0.1) is 0 Å². The minimum Gasteiger partial charge on any atom is -0.460 e. The summed E-state index contributed by atoms with van der Waals surface area (Å²) in [5, 5.41) is 11.6. The number of hydrogen-bond acceptors (Lipinski definition) is 5. The van der Waals surface area contributed by atoms with Gasteiger partial charge in [0.1, 0.15) is 5.60 Å². The van der Waals surface area contributed by atoms with Crippen molar-refractivity contribution in [2.45, 2.75) is 39.2 Å². The fourth-order valence-corrected chi connectivity index (χ4v) is 1.17. The predicted molar refractivity (Wildman–Crippen MR) is 65.9 cm³/mol. The van der Waals surface area contributed by atoms with Gasteiger partial charge in [0.25, 0.3) is 0 Å². The average Bonchev–Trinajstić information content (AvgIpc) is 2.19. The molecule has 5 heteroatoms. The van der Waals surface area contributed by atoms with E-state index in [4.69, 9.17) is 14.6 Å². The third-order valence-electron chi connectivity index (χ3n) is 1.80. The van der Waals surface area contributed by atoms with Crippen molar-refractivity contribution in [3.8, 4) is 0 Å². The van der Waals surface area contributed by atoms with E-state index in [1.54, 1.807) is 0 Å². The molecule has 0 bridgehead atoms. The molecule has 5 nitrogen and oxygen atoms in total. The summed E-state index contributed by atoms with van der Waals surface area (Å²) in [5.74, 6) is -0.179. The van der Waals surface area contributed by atoms with E-state index in [0.29, 0.717) is 26.2 Å². The summed E-state index contributed by atoms with van der Waals surface area (Å²) in [4.78, 5) is 11.3. The Morgan fingerprint density at radius 2 is 1.94 bits per heavy atom. The van der Waals surface area contributed by atoms with Crippen LogP contribution in [0.3, 0.4) is 0 Å². The van der Waals surface area contributed by atoms with Crippen molar-refractivity contribution >= 4 is 5.97 Å². The van der Waals surface area contributed by atoms with E-state index in [1.165, 1.54) is 0 Å². The van der Waals surface area contributed by atoms with Gasteiger partial charge in [-0.2, -0.15) is 0 Å². The van der Waals surface area contributed by atoms with Gasteiger partial charge < -0.3 is 19.9 Å². The number of ether oxygens (including phenoxy) is 2. The van der Waals surface area contributed by atoms with Crippen molar-refractivity contribution in [2.75, 3.05) is 32.9 Å². The first kappa shape index (κ1) is 16.4. The summed E-state index contributed by atoms with van der Waals surface area (Å²) < 4.78 is 10.3. The highest BCUT2D eigenvalue weighted by atomic mass is 16.6. The first-order valence-corrected chi connectivity index (χ1v) is 6.07. The van der Waals surface area contributed by atoms with Crippen LogP contribution in [0, 0.1) is 0 Å². The molecule has 0 aliphatic heterocycles. The van der Waals surface area contributed by atoms with Gasteiger partial charge in [0.15, 0.2) is 0 Å². The minimum absolute atomic E-state index is 0.0616. The van der Waals surface area contributed by atoms with Gasteiger partial charge in [-0.1, -0.05) is 0 Å². The second kappa shape index (κ2) is 9.39. The number of aliphatic hydroxyl groups excluding tert-OH is 1. The molecule has 0 aromatic carbocycles. The van der Waals surface area contributed by atoms with Crippen LogP contribution < -0.4 is 5.32 Å². The molecule has 0 amide bonds. The molecule has 2 N–H and O–H groups in total. The van der Waals surface area contributed by atoms with E-state index in [1.807, 2.05) is 20.8 Å². The molecule has 0 fully saturated rings. The molecule has 0 spiro atoms. The highest BCUT2D eigenvalue weighted by Crippen LogP contribution is 2.07. The molecule has 0 aromatic heterocycles. The zero-order valence-electron chi connectivity index (χ0n) is 11.1. The van der Waals surface area contributed by atoms with Crippen LogP contribution in [0.1, 0.15) is 33.6 Å². The molecule has 0 heterocycles. The Morgan fingerprint density at radius 3 is 2.53 bits per heavy atom. The Labute approximate surface area is 103 Å². The molecular weight excluding hydrogens is 222 g/mol. The summed E-state index contributed by atoms with van der Waals surface area (Å²) in [6, 6.07) is 0. The highest BCUT2D eigenvalue weighted by Gasteiger charge is 2.15. The minimum atomic E-state index is -0.408. The Hall–Kier alpha value is -0.650. The Balaban J connectivity index is 3.25. The molecule has 17 heavy (non-hydrogen) atoms. The molecular formula is C12H25NO4. The number of aliphatic hydroxyl groups is 1. The van der Waals surface area contributed by atoms with E-state index >= 15 is 0 Å². The monoisotopic (exact) mass is 247 g/mol. The molecule has 0 aliphatic carbocycles. The highest BCUT2D eigenvalue weighted by molar-refractivity contribution is 5.70. The molecule has 0 rings (SSSR count). The van der Waals surface area contributed by atoms with Crippen LogP contribution in [0.15, 0.2) is 0 Å². The third-order valence-corrected chi connectivity index (χ3v) is 1.80. The average molecular weight is 247 g/mol. The lowest BCUT2D eigenvalue weighted by Crippen LogP contribution is -2.27. The van der Waals surface area contributed by atoms with Crippen molar-refractivity contribution < 1.29 is 19.4 Å². The molecule has 0 saturated carbocycles. The van der Waals surface area contributed by atoms with E-state index in [2.05, 4.69) is 5.32 Å². The quantitative estimate of drug-likeness (QED) is 0.464. The largest absolute Gasteiger partial charge is 0.460 e. The molecule has 0 aliphatic rings. The molecule has 0 radical (unpaired) electrons. The van der Waals surface area contributed by atoms with Crippen LogP contribution in [-0.2, 0) is 14.3 Å². The normalized spacial score (nSPS) is 11.5. The second-order valence-electron chi connectivity index (χ2n) is 4.78. The number of rotatable bonds is 9.